The van der Waals surface area contributed by atoms with Gasteiger partial charge in [-0.1, -0.05) is 140 Å². The van der Waals surface area contributed by atoms with Gasteiger partial charge in [0.05, 0.1) is 16.4 Å². The van der Waals surface area contributed by atoms with Crippen LogP contribution in [0.4, 0.5) is 0 Å². The monoisotopic (exact) mass is 728 g/mol. The minimum atomic E-state index is -0.530. The van der Waals surface area contributed by atoms with Crippen LogP contribution in [-0.2, 0) is 5.41 Å². The highest BCUT2D eigenvalue weighted by Crippen LogP contribution is 2.62. The molecule has 12 rings (SSSR count). The van der Waals surface area contributed by atoms with Crippen molar-refractivity contribution in [2.45, 2.75) is 5.41 Å². The molecule has 5 heteroatoms. The summed E-state index contributed by atoms with van der Waals surface area (Å²) in [5.74, 6) is 3.71. The second-order valence-corrected chi connectivity index (χ2v) is 14.7. The third-order valence-corrected chi connectivity index (χ3v) is 11.7. The average Bonchev–Trinajstić information content (AvgIpc) is 3.76. The van der Waals surface area contributed by atoms with Gasteiger partial charge in [0.2, 0.25) is 0 Å². The van der Waals surface area contributed by atoms with Crippen LogP contribution in [0.5, 0.6) is 11.5 Å². The van der Waals surface area contributed by atoms with Crippen molar-refractivity contribution in [3.63, 3.8) is 0 Å². The van der Waals surface area contributed by atoms with Gasteiger partial charge in [0.25, 0.3) is 0 Å². The van der Waals surface area contributed by atoms with Gasteiger partial charge in [-0.2, -0.15) is 0 Å². The predicted octanol–water partition coefficient (Wildman–Crippen LogP) is 12.4. The smallest absolute Gasteiger partial charge is 0.164 e. The molecule has 1 aliphatic heterocycles. The molecule has 0 fully saturated rings. The van der Waals surface area contributed by atoms with Gasteiger partial charge in [0, 0.05) is 44.3 Å². The molecule has 0 bridgehead atoms. The standard InChI is InChI=1S/C52H32N4O/c1-3-15-33(16-4-1)49-53-50(34-17-5-2-6-18-34)55-51(54-49)35-27-29-36(30-28-35)56-45-24-12-8-20-38(45)40-31-44-39(32-46(40)56)37-19-7-9-21-41(37)52(44)42-22-10-13-25-47(42)57-48-26-14-11-23-43(48)52/h1-32H. The van der Waals surface area contributed by atoms with Gasteiger partial charge in [0.1, 0.15) is 11.5 Å². The highest BCUT2D eigenvalue weighted by Gasteiger charge is 2.51. The molecular formula is C52H32N4O. The minimum Gasteiger partial charge on any atom is -0.457 e. The van der Waals surface area contributed by atoms with E-state index in [1.54, 1.807) is 0 Å². The summed E-state index contributed by atoms with van der Waals surface area (Å²) >= 11 is 0. The largest absolute Gasteiger partial charge is 0.457 e. The van der Waals surface area contributed by atoms with E-state index >= 15 is 0 Å². The van der Waals surface area contributed by atoms with Crippen LogP contribution in [0.25, 0.3) is 72.8 Å². The summed E-state index contributed by atoms with van der Waals surface area (Å²) < 4.78 is 8.99. The quantitative estimate of drug-likeness (QED) is 0.181. The van der Waals surface area contributed by atoms with Gasteiger partial charge in [-0.05, 0) is 76.9 Å². The lowest BCUT2D eigenvalue weighted by Gasteiger charge is -2.39. The molecule has 10 aromatic rings. The average molecular weight is 729 g/mol. The summed E-state index contributed by atoms with van der Waals surface area (Å²) in [5, 5.41) is 2.41. The lowest BCUT2D eigenvalue weighted by molar-refractivity contribution is 0.436. The van der Waals surface area contributed by atoms with Gasteiger partial charge < -0.3 is 9.30 Å². The summed E-state index contributed by atoms with van der Waals surface area (Å²) in [7, 11) is 0. The summed E-state index contributed by atoms with van der Waals surface area (Å²) in [6, 6.07) is 68.4. The first-order valence-corrected chi connectivity index (χ1v) is 19.3. The Morgan fingerprint density at radius 2 is 0.877 bits per heavy atom. The van der Waals surface area contributed by atoms with E-state index in [-0.39, 0.29) is 0 Å². The molecule has 0 saturated carbocycles. The zero-order valence-corrected chi connectivity index (χ0v) is 30.7. The van der Waals surface area contributed by atoms with Crippen LogP contribution in [0.2, 0.25) is 0 Å². The molecule has 3 heterocycles. The van der Waals surface area contributed by atoms with Crippen molar-refractivity contribution in [3.8, 4) is 62.5 Å². The molecule has 1 spiro atoms. The van der Waals surface area contributed by atoms with Crippen LogP contribution >= 0.6 is 0 Å². The Balaban J connectivity index is 1.06. The van der Waals surface area contributed by atoms with E-state index in [1.807, 2.05) is 60.7 Å². The second kappa shape index (κ2) is 12.2. The number of aromatic nitrogens is 4. The fourth-order valence-electron chi connectivity index (χ4n) is 9.29. The lowest BCUT2D eigenvalue weighted by Crippen LogP contribution is -2.32. The normalized spacial score (nSPS) is 13.2. The first-order chi connectivity index (χ1) is 28.3. The van der Waals surface area contributed by atoms with E-state index in [4.69, 9.17) is 19.7 Å². The van der Waals surface area contributed by atoms with Crippen LogP contribution in [0.1, 0.15) is 22.3 Å². The number of fused-ring (bicyclic) bond motifs is 12. The highest BCUT2D eigenvalue weighted by molar-refractivity contribution is 6.12. The van der Waals surface area contributed by atoms with Crippen LogP contribution < -0.4 is 4.74 Å². The van der Waals surface area contributed by atoms with Crippen molar-refractivity contribution in [1.29, 1.82) is 0 Å². The van der Waals surface area contributed by atoms with Gasteiger partial charge in [-0.15, -0.1) is 0 Å². The van der Waals surface area contributed by atoms with Crippen LogP contribution in [-0.4, -0.2) is 19.5 Å². The Morgan fingerprint density at radius 3 is 1.51 bits per heavy atom. The molecule has 5 nitrogen and oxygen atoms in total. The molecule has 2 aromatic heterocycles. The number of rotatable bonds is 4. The first-order valence-electron chi connectivity index (χ1n) is 19.3. The maximum absolute atomic E-state index is 6.60. The maximum Gasteiger partial charge on any atom is 0.164 e. The molecule has 57 heavy (non-hydrogen) atoms. The van der Waals surface area contributed by atoms with Crippen LogP contribution in [0.15, 0.2) is 194 Å². The highest BCUT2D eigenvalue weighted by atomic mass is 16.5. The van der Waals surface area contributed by atoms with E-state index < -0.39 is 5.41 Å². The van der Waals surface area contributed by atoms with E-state index in [2.05, 4.69) is 138 Å². The number of benzene rings is 8. The Morgan fingerprint density at radius 1 is 0.368 bits per heavy atom. The van der Waals surface area contributed by atoms with Crippen molar-refractivity contribution in [3.05, 3.63) is 216 Å². The minimum absolute atomic E-state index is 0.530. The Bertz CT molecular complexity index is 3100. The van der Waals surface area contributed by atoms with Crippen molar-refractivity contribution in [2.75, 3.05) is 0 Å². The molecule has 0 radical (unpaired) electrons. The molecule has 266 valence electrons. The van der Waals surface area contributed by atoms with Gasteiger partial charge >= 0.3 is 0 Å². The van der Waals surface area contributed by atoms with E-state index in [0.717, 1.165) is 56.0 Å². The molecular weight excluding hydrogens is 697 g/mol. The van der Waals surface area contributed by atoms with Crippen molar-refractivity contribution >= 4 is 21.8 Å². The molecule has 0 N–H and O–H groups in total. The number of hydrogen-bond acceptors (Lipinski definition) is 4. The molecule has 0 atom stereocenters. The summed E-state index contributed by atoms with van der Waals surface area (Å²) in [4.78, 5) is 14.9. The van der Waals surface area contributed by atoms with Gasteiger partial charge in [-0.25, -0.2) is 15.0 Å². The molecule has 0 amide bonds. The van der Waals surface area contributed by atoms with E-state index in [0.29, 0.717) is 17.5 Å². The lowest BCUT2D eigenvalue weighted by atomic mass is 9.66. The topological polar surface area (TPSA) is 52.8 Å². The van der Waals surface area contributed by atoms with Gasteiger partial charge in [0.15, 0.2) is 17.5 Å². The molecule has 2 aliphatic rings. The van der Waals surface area contributed by atoms with E-state index in [9.17, 15) is 0 Å². The fourth-order valence-corrected chi connectivity index (χ4v) is 9.29. The molecule has 8 aromatic carbocycles. The fraction of sp³-hybridized carbons (Fsp3) is 0.0192. The number of ether oxygens (including phenoxy) is 1. The van der Waals surface area contributed by atoms with Crippen molar-refractivity contribution in [1.82, 2.24) is 19.5 Å². The molecule has 0 saturated heterocycles. The van der Waals surface area contributed by atoms with Crippen LogP contribution in [0, 0.1) is 0 Å². The number of hydrogen-bond donors (Lipinski definition) is 0. The maximum atomic E-state index is 6.60. The number of para-hydroxylation sites is 3. The summed E-state index contributed by atoms with van der Waals surface area (Å²) in [5.41, 5.74) is 13.0. The first kappa shape index (κ1) is 31.7. The molecule has 0 unspecified atom stereocenters. The van der Waals surface area contributed by atoms with Crippen molar-refractivity contribution < 1.29 is 4.74 Å². The second-order valence-electron chi connectivity index (χ2n) is 14.7. The number of nitrogens with zero attached hydrogens (tertiary/aromatic N) is 4. The zero-order chi connectivity index (χ0) is 37.5. The van der Waals surface area contributed by atoms with Crippen molar-refractivity contribution in [2.24, 2.45) is 0 Å². The summed E-state index contributed by atoms with van der Waals surface area (Å²) in [6.45, 7) is 0. The third-order valence-electron chi connectivity index (χ3n) is 11.7. The zero-order valence-electron chi connectivity index (χ0n) is 30.7. The Labute approximate surface area is 329 Å². The third kappa shape index (κ3) is 4.60. The Kier molecular flexibility index (Phi) is 6.78. The Hall–Kier alpha value is -7.63. The summed E-state index contributed by atoms with van der Waals surface area (Å²) in [6.07, 6.45) is 0. The van der Waals surface area contributed by atoms with Gasteiger partial charge in [-0.3, -0.25) is 0 Å². The molecule has 1 aliphatic carbocycles. The van der Waals surface area contributed by atoms with Crippen LogP contribution in [0.3, 0.4) is 0 Å². The SMILES string of the molecule is c1ccc(-c2nc(-c3ccccc3)nc(-c3ccc(-n4c5ccccc5c5cc6c(cc54)-c4ccccc4C64c5ccccc5Oc5ccccc54)cc3)n2)cc1. The predicted molar refractivity (Wildman–Crippen MR) is 228 cm³/mol. The van der Waals surface area contributed by atoms with E-state index in [1.165, 1.54) is 33.0 Å².